The predicted octanol–water partition coefficient (Wildman–Crippen LogP) is 4.12. The van der Waals surface area contributed by atoms with Gasteiger partial charge in [-0.1, -0.05) is 25.3 Å². The molecule has 0 radical (unpaired) electrons. The van der Waals surface area contributed by atoms with Crippen molar-refractivity contribution >= 4 is 29.5 Å². The first-order valence-corrected chi connectivity index (χ1v) is 7.80. The van der Waals surface area contributed by atoms with E-state index >= 15 is 0 Å². The van der Waals surface area contributed by atoms with Crippen LogP contribution in [0.4, 0.5) is 5.69 Å². The number of rotatable bonds is 5. The third-order valence-electron chi connectivity index (χ3n) is 3.44. The third-order valence-corrected chi connectivity index (χ3v) is 4.85. The maximum Gasteiger partial charge on any atom is 0.328 e. The fraction of sp³-hybridized carbons (Fsp3) is 0.400. The summed E-state index contributed by atoms with van der Waals surface area (Å²) in [5.74, 6) is -1.07. The minimum atomic E-state index is -1.07. The van der Waals surface area contributed by atoms with Crippen molar-refractivity contribution in [2.75, 3.05) is 0 Å². The molecule has 0 saturated heterocycles. The Morgan fingerprint density at radius 1 is 1.33 bits per heavy atom. The zero-order valence-corrected chi connectivity index (χ0v) is 12.3. The summed E-state index contributed by atoms with van der Waals surface area (Å²) in [6.07, 6.45) is 8.16. The molecule has 1 fully saturated rings. The van der Waals surface area contributed by atoms with E-state index in [-0.39, 0.29) is 5.69 Å². The second kappa shape index (κ2) is 7.26. The lowest BCUT2D eigenvalue weighted by atomic mass is 10.0. The molecule has 0 amide bonds. The van der Waals surface area contributed by atoms with Crippen molar-refractivity contribution in [2.24, 2.45) is 0 Å². The number of carbonyl (C=O) groups is 1. The van der Waals surface area contributed by atoms with E-state index in [2.05, 4.69) is 0 Å². The number of nitro groups is 1. The molecule has 0 aromatic heterocycles. The number of hydrogen-bond acceptors (Lipinski definition) is 4. The molecule has 2 rings (SSSR count). The van der Waals surface area contributed by atoms with Gasteiger partial charge in [0, 0.05) is 17.4 Å². The number of nitro benzene ring substituents is 1. The molecule has 6 heteroatoms. The van der Waals surface area contributed by atoms with Crippen LogP contribution in [0.25, 0.3) is 6.08 Å². The highest BCUT2D eigenvalue weighted by atomic mass is 32.2. The number of thioether (sulfide) groups is 1. The third kappa shape index (κ3) is 4.60. The molecule has 1 N–H and O–H groups in total. The molecule has 21 heavy (non-hydrogen) atoms. The molecule has 0 spiro atoms. The van der Waals surface area contributed by atoms with Gasteiger partial charge in [-0.25, -0.2) is 4.79 Å². The average molecular weight is 307 g/mol. The molecule has 1 aliphatic carbocycles. The standard InChI is InChI=1S/C15H17NO4S/c17-15(18)9-7-11-6-8-14(13(10-11)16(19)20)21-12-4-2-1-3-5-12/h6-10,12H,1-5H2,(H,17,18). The van der Waals surface area contributed by atoms with E-state index in [9.17, 15) is 14.9 Å². The molecule has 0 atom stereocenters. The molecule has 1 aromatic carbocycles. The number of nitrogens with zero attached hydrogens (tertiary/aromatic N) is 1. The van der Waals surface area contributed by atoms with Crippen molar-refractivity contribution in [1.29, 1.82) is 0 Å². The molecule has 0 bridgehead atoms. The smallest absolute Gasteiger partial charge is 0.328 e. The summed E-state index contributed by atoms with van der Waals surface area (Å²) in [5, 5.41) is 20.2. The lowest BCUT2D eigenvalue weighted by Crippen LogP contribution is -2.08. The van der Waals surface area contributed by atoms with E-state index < -0.39 is 10.9 Å². The fourth-order valence-corrected chi connectivity index (χ4v) is 3.74. The summed E-state index contributed by atoms with van der Waals surface area (Å²) in [5.41, 5.74) is 0.579. The van der Waals surface area contributed by atoms with Crippen LogP contribution >= 0.6 is 11.8 Å². The van der Waals surface area contributed by atoms with Gasteiger partial charge >= 0.3 is 5.97 Å². The molecule has 0 heterocycles. The van der Waals surface area contributed by atoms with Crippen LogP contribution < -0.4 is 0 Å². The van der Waals surface area contributed by atoms with E-state index in [0.717, 1.165) is 18.9 Å². The molecule has 112 valence electrons. The van der Waals surface area contributed by atoms with Crippen LogP contribution in [-0.4, -0.2) is 21.2 Å². The topological polar surface area (TPSA) is 80.4 Å². The second-order valence-corrected chi connectivity index (χ2v) is 6.38. The Morgan fingerprint density at radius 2 is 2.05 bits per heavy atom. The van der Waals surface area contributed by atoms with E-state index in [1.807, 2.05) is 0 Å². The molecule has 5 nitrogen and oxygen atoms in total. The van der Waals surface area contributed by atoms with Gasteiger partial charge in [-0.05, 0) is 30.5 Å². The van der Waals surface area contributed by atoms with Gasteiger partial charge in [-0.3, -0.25) is 10.1 Å². The summed E-state index contributed by atoms with van der Waals surface area (Å²) in [6, 6.07) is 4.88. The first-order chi connectivity index (χ1) is 10.1. The number of benzene rings is 1. The van der Waals surface area contributed by atoms with Gasteiger partial charge in [-0.15, -0.1) is 11.8 Å². The number of aliphatic carboxylic acids is 1. The van der Waals surface area contributed by atoms with Gasteiger partial charge in [0.15, 0.2) is 0 Å². The Labute approximate surface area is 127 Å². The first-order valence-electron chi connectivity index (χ1n) is 6.92. The van der Waals surface area contributed by atoms with Crippen LogP contribution in [0, 0.1) is 10.1 Å². The van der Waals surface area contributed by atoms with Crippen LogP contribution in [0.5, 0.6) is 0 Å². The van der Waals surface area contributed by atoms with Crippen molar-refractivity contribution in [3.8, 4) is 0 Å². The van der Waals surface area contributed by atoms with Gasteiger partial charge < -0.3 is 5.11 Å². The van der Waals surface area contributed by atoms with E-state index in [1.54, 1.807) is 23.9 Å². The molecular weight excluding hydrogens is 290 g/mol. The highest BCUT2D eigenvalue weighted by Gasteiger charge is 2.20. The van der Waals surface area contributed by atoms with Gasteiger partial charge in [0.2, 0.25) is 0 Å². The van der Waals surface area contributed by atoms with Crippen LogP contribution in [0.3, 0.4) is 0 Å². The first kappa shape index (κ1) is 15.6. The Morgan fingerprint density at radius 3 is 2.67 bits per heavy atom. The van der Waals surface area contributed by atoms with Crippen molar-refractivity contribution in [3.05, 3.63) is 40.0 Å². The maximum atomic E-state index is 11.2. The lowest BCUT2D eigenvalue weighted by molar-refractivity contribution is -0.387. The van der Waals surface area contributed by atoms with E-state index in [1.165, 1.54) is 31.4 Å². The summed E-state index contributed by atoms with van der Waals surface area (Å²) in [6.45, 7) is 0. The van der Waals surface area contributed by atoms with Crippen LogP contribution in [0.1, 0.15) is 37.7 Å². The van der Waals surface area contributed by atoms with Crippen molar-refractivity contribution in [3.63, 3.8) is 0 Å². The number of carboxylic acids is 1. The molecule has 0 aliphatic heterocycles. The van der Waals surface area contributed by atoms with E-state index in [4.69, 9.17) is 5.11 Å². The van der Waals surface area contributed by atoms with Gasteiger partial charge in [-0.2, -0.15) is 0 Å². The van der Waals surface area contributed by atoms with Gasteiger partial charge in [0.25, 0.3) is 5.69 Å². The Balaban J connectivity index is 2.20. The molecular formula is C15H17NO4S. The Bertz CT molecular complexity index is 565. The van der Waals surface area contributed by atoms with Crippen molar-refractivity contribution in [2.45, 2.75) is 42.2 Å². The highest BCUT2D eigenvalue weighted by Crippen LogP contribution is 2.38. The summed E-state index contributed by atoms with van der Waals surface area (Å²) >= 11 is 1.57. The van der Waals surface area contributed by atoms with Crippen LogP contribution in [0.15, 0.2) is 29.2 Å². The zero-order valence-electron chi connectivity index (χ0n) is 11.5. The highest BCUT2D eigenvalue weighted by molar-refractivity contribution is 8.00. The summed E-state index contributed by atoms with van der Waals surface area (Å²) in [7, 11) is 0. The lowest BCUT2D eigenvalue weighted by Gasteiger charge is -2.20. The SMILES string of the molecule is O=C(O)C=Cc1ccc(SC2CCCCC2)c([N+](=O)[O-])c1. The van der Waals surface area contributed by atoms with Gasteiger partial charge in [0.05, 0.1) is 9.82 Å². The predicted molar refractivity (Wildman–Crippen MR) is 82.5 cm³/mol. The summed E-state index contributed by atoms with van der Waals surface area (Å²) < 4.78 is 0. The molecule has 1 saturated carbocycles. The normalized spacial score (nSPS) is 16.2. The number of carboxylic acid groups (broad SMARTS) is 1. The van der Waals surface area contributed by atoms with E-state index in [0.29, 0.717) is 15.7 Å². The van der Waals surface area contributed by atoms with Crippen LogP contribution in [0.2, 0.25) is 0 Å². The average Bonchev–Trinajstić information content (AvgIpc) is 2.47. The van der Waals surface area contributed by atoms with Crippen molar-refractivity contribution < 1.29 is 14.8 Å². The van der Waals surface area contributed by atoms with Crippen LogP contribution in [-0.2, 0) is 4.79 Å². The minimum Gasteiger partial charge on any atom is -0.478 e. The minimum absolute atomic E-state index is 0.0538. The Hall–Kier alpha value is -1.82. The molecule has 1 aliphatic rings. The Kier molecular flexibility index (Phi) is 5.38. The second-order valence-electron chi connectivity index (χ2n) is 5.03. The van der Waals surface area contributed by atoms with Gasteiger partial charge in [0.1, 0.15) is 0 Å². The monoisotopic (exact) mass is 307 g/mol. The summed E-state index contributed by atoms with van der Waals surface area (Å²) in [4.78, 5) is 22.0. The molecule has 0 unspecified atom stereocenters. The maximum absolute atomic E-state index is 11.2. The molecule has 1 aromatic rings. The zero-order chi connectivity index (χ0) is 15.2. The number of hydrogen-bond donors (Lipinski definition) is 1. The van der Waals surface area contributed by atoms with Crippen molar-refractivity contribution in [1.82, 2.24) is 0 Å². The fourth-order valence-electron chi connectivity index (χ4n) is 2.41. The largest absolute Gasteiger partial charge is 0.478 e. The quantitative estimate of drug-likeness (QED) is 0.503.